The van der Waals surface area contributed by atoms with Gasteiger partial charge in [0.15, 0.2) is 0 Å². The number of aromatic amines is 2. The molecule has 5 heterocycles. The fraction of sp³-hybridized carbons (Fsp3) is 0.310. The Bertz CT molecular complexity index is 2380. The first-order valence-electron chi connectivity index (χ1n) is 18.2. The Hall–Kier alpha value is -5.97. The lowest BCUT2D eigenvalue weighted by atomic mass is 10.00. The Labute approximate surface area is 307 Å². The van der Waals surface area contributed by atoms with Gasteiger partial charge in [-0.05, 0) is 86.6 Å². The van der Waals surface area contributed by atoms with E-state index in [2.05, 4.69) is 50.3 Å². The van der Waals surface area contributed by atoms with E-state index in [0.717, 1.165) is 70.2 Å². The van der Waals surface area contributed by atoms with E-state index >= 15 is 0 Å². The number of benzene rings is 3. The smallest absolute Gasteiger partial charge is 0.410 e. The SMILES string of the molecule is CC(C)(C)OC(=O)N1CCC[C@H]1c1ncc(-c2ccc3cc(-c4cnc5c(=O)cc(C6CCCN6C(=O)OCc6ccccc6)[nH]c5c4)ccc3c2)[nH]1. The summed E-state index contributed by atoms with van der Waals surface area (Å²) in [6.45, 7) is 7.02. The molecule has 11 nitrogen and oxygen atoms in total. The number of hydrogen-bond donors (Lipinski definition) is 2. The third-order valence-electron chi connectivity index (χ3n) is 10.0. The minimum absolute atomic E-state index is 0.151. The second-order valence-corrected chi connectivity index (χ2v) is 14.9. The van der Waals surface area contributed by atoms with Gasteiger partial charge < -0.3 is 19.4 Å². The Morgan fingerprint density at radius 1 is 0.774 bits per heavy atom. The van der Waals surface area contributed by atoms with E-state index in [0.29, 0.717) is 29.8 Å². The Balaban J connectivity index is 1.01. The van der Waals surface area contributed by atoms with Crippen LogP contribution in [0.15, 0.2) is 96.1 Å². The monoisotopic (exact) mass is 710 g/mol. The minimum Gasteiger partial charge on any atom is -0.445 e. The number of nitrogens with one attached hydrogen (secondary N) is 2. The van der Waals surface area contributed by atoms with Crippen molar-refractivity contribution in [3.8, 4) is 22.4 Å². The number of carbonyl (C=O) groups is 2. The van der Waals surface area contributed by atoms with Gasteiger partial charge in [0.1, 0.15) is 23.5 Å². The number of aromatic nitrogens is 4. The van der Waals surface area contributed by atoms with E-state index in [1.165, 1.54) is 0 Å². The maximum absolute atomic E-state index is 13.2. The summed E-state index contributed by atoms with van der Waals surface area (Å²) >= 11 is 0. The predicted molar refractivity (Wildman–Crippen MR) is 203 cm³/mol. The molecule has 11 heteroatoms. The number of carbonyl (C=O) groups excluding carboxylic acids is 2. The highest BCUT2D eigenvalue weighted by Gasteiger charge is 2.35. The average Bonchev–Trinajstić information content (AvgIpc) is 3.94. The van der Waals surface area contributed by atoms with Gasteiger partial charge in [-0.3, -0.25) is 14.6 Å². The summed E-state index contributed by atoms with van der Waals surface area (Å²) in [4.78, 5) is 58.8. The number of hydrogen-bond acceptors (Lipinski definition) is 7. The van der Waals surface area contributed by atoms with Crippen molar-refractivity contribution in [1.29, 1.82) is 0 Å². The summed E-state index contributed by atoms with van der Waals surface area (Å²) in [7, 11) is 0. The first kappa shape index (κ1) is 34.1. The van der Waals surface area contributed by atoms with Crippen LogP contribution in [0.5, 0.6) is 0 Å². The first-order chi connectivity index (χ1) is 25.6. The van der Waals surface area contributed by atoms with Gasteiger partial charge in [0.2, 0.25) is 5.43 Å². The Morgan fingerprint density at radius 2 is 1.47 bits per heavy atom. The number of fused-ring (bicyclic) bond motifs is 2. The van der Waals surface area contributed by atoms with Crippen LogP contribution in [-0.4, -0.2) is 60.6 Å². The standard InChI is InChI=1S/C42H42N6O5/c1-42(2,3)53-41(51)48-18-8-12-36(48)39-44-24-34(46-39)30-16-15-27-19-29(14-13-28(27)20-30)31-21-33-38(43-23-31)37(49)22-32(45-33)35-11-7-17-47(35)40(50)52-25-26-9-5-4-6-10-26/h4-6,9-10,13-16,19-24,35-36H,7-8,11-12,17-18,25H2,1-3H3,(H,44,46)(H,45,49)/t35?,36-/m0/s1. The fourth-order valence-electron chi connectivity index (χ4n) is 7.44. The van der Waals surface area contributed by atoms with Crippen LogP contribution in [0.1, 0.15) is 75.6 Å². The van der Waals surface area contributed by atoms with Gasteiger partial charge in [-0.2, -0.15) is 0 Å². The molecule has 1 unspecified atom stereocenters. The van der Waals surface area contributed by atoms with Crippen molar-refractivity contribution >= 4 is 34.0 Å². The lowest BCUT2D eigenvalue weighted by Crippen LogP contribution is -2.36. The zero-order valence-electron chi connectivity index (χ0n) is 30.1. The molecular formula is C42H42N6O5. The number of amides is 2. The van der Waals surface area contributed by atoms with Crippen molar-refractivity contribution in [2.24, 2.45) is 0 Å². The predicted octanol–water partition coefficient (Wildman–Crippen LogP) is 8.68. The van der Waals surface area contributed by atoms with Crippen LogP contribution >= 0.6 is 0 Å². The van der Waals surface area contributed by atoms with Crippen molar-refractivity contribution in [1.82, 2.24) is 29.7 Å². The normalized spacial score (nSPS) is 17.5. The number of pyridine rings is 2. The number of ether oxygens (including phenoxy) is 2. The van der Waals surface area contributed by atoms with Gasteiger partial charge in [0.25, 0.3) is 0 Å². The molecular weight excluding hydrogens is 668 g/mol. The zero-order chi connectivity index (χ0) is 36.7. The van der Waals surface area contributed by atoms with Crippen LogP contribution in [0.4, 0.5) is 9.59 Å². The maximum Gasteiger partial charge on any atom is 0.410 e. The van der Waals surface area contributed by atoms with Crippen molar-refractivity contribution in [2.75, 3.05) is 13.1 Å². The molecule has 2 N–H and O–H groups in total. The van der Waals surface area contributed by atoms with E-state index in [1.807, 2.05) is 69.4 Å². The molecule has 270 valence electrons. The van der Waals surface area contributed by atoms with Gasteiger partial charge in [-0.15, -0.1) is 0 Å². The minimum atomic E-state index is -0.559. The van der Waals surface area contributed by atoms with Gasteiger partial charge in [0, 0.05) is 42.2 Å². The molecule has 2 atom stereocenters. The zero-order valence-corrected chi connectivity index (χ0v) is 30.1. The largest absolute Gasteiger partial charge is 0.445 e. The van der Waals surface area contributed by atoms with E-state index in [9.17, 15) is 14.4 Å². The molecule has 6 aromatic rings. The summed E-state index contributed by atoms with van der Waals surface area (Å²) < 4.78 is 11.3. The van der Waals surface area contributed by atoms with Crippen molar-refractivity contribution < 1.29 is 19.1 Å². The van der Waals surface area contributed by atoms with Crippen LogP contribution in [-0.2, 0) is 16.1 Å². The van der Waals surface area contributed by atoms with E-state index in [-0.39, 0.29) is 30.2 Å². The van der Waals surface area contributed by atoms with Gasteiger partial charge in [-0.25, -0.2) is 19.6 Å². The van der Waals surface area contributed by atoms with Crippen molar-refractivity contribution in [2.45, 2.75) is 70.7 Å². The highest BCUT2D eigenvalue weighted by Crippen LogP contribution is 2.35. The molecule has 3 aromatic carbocycles. The fourth-order valence-corrected chi connectivity index (χ4v) is 7.44. The quantitative estimate of drug-likeness (QED) is 0.177. The van der Waals surface area contributed by atoms with Crippen LogP contribution in [0.3, 0.4) is 0 Å². The van der Waals surface area contributed by atoms with Crippen LogP contribution < -0.4 is 5.43 Å². The highest BCUT2D eigenvalue weighted by molar-refractivity contribution is 5.91. The van der Waals surface area contributed by atoms with Gasteiger partial charge in [0.05, 0.1) is 29.5 Å². The summed E-state index contributed by atoms with van der Waals surface area (Å²) in [5, 5.41) is 2.11. The second-order valence-electron chi connectivity index (χ2n) is 14.9. The van der Waals surface area contributed by atoms with E-state index < -0.39 is 11.7 Å². The number of H-pyrrole nitrogens is 2. The molecule has 2 fully saturated rings. The first-order valence-corrected chi connectivity index (χ1v) is 18.2. The molecule has 3 aromatic heterocycles. The van der Waals surface area contributed by atoms with Crippen LogP contribution in [0, 0.1) is 0 Å². The summed E-state index contributed by atoms with van der Waals surface area (Å²) in [5.41, 5.74) is 5.52. The average molecular weight is 711 g/mol. The summed E-state index contributed by atoms with van der Waals surface area (Å²) in [5.74, 6) is 0.757. The highest BCUT2D eigenvalue weighted by atomic mass is 16.6. The molecule has 2 saturated heterocycles. The number of imidazole rings is 1. The molecule has 0 bridgehead atoms. The lowest BCUT2D eigenvalue weighted by molar-refractivity contribution is 0.0218. The van der Waals surface area contributed by atoms with Crippen molar-refractivity contribution in [3.63, 3.8) is 0 Å². The van der Waals surface area contributed by atoms with E-state index in [4.69, 9.17) is 9.47 Å². The molecule has 0 saturated carbocycles. The number of rotatable bonds is 6. The summed E-state index contributed by atoms with van der Waals surface area (Å²) in [6.07, 6.45) is 6.11. The molecule has 53 heavy (non-hydrogen) atoms. The van der Waals surface area contributed by atoms with Gasteiger partial charge in [-0.1, -0.05) is 54.6 Å². The second kappa shape index (κ2) is 13.9. The maximum atomic E-state index is 13.2. The molecule has 0 aliphatic carbocycles. The third-order valence-corrected chi connectivity index (χ3v) is 10.0. The molecule has 2 aliphatic rings. The topological polar surface area (TPSA) is 134 Å². The molecule has 0 spiro atoms. The molecule has 8 rings (SSSR count). The van der Waals surface area contributed by atoms with Gasteiger partial charge >= 0.3 is 12.2 Å². The summed E-state index contributed by atoms with van der Waals surface area (Å²) in [6, 6.07) is 25.2. The molecule has 2 amide bonds. The lowest BCUT2D eigenvalue weighted by Gasteiger charge is -2.27. The molecule has 0 radical (unpaired) electrons. The Kier molecular flexibility index (Phi) is 8.93. The third kappa shape index (κ3) is 7.11. The van der Waals surface area contributed by atoms with Crippen molar-refractivity contribution in [3.05, 3.63) is 119 Å². The van der Waals surface area contributed by atoms with Crippen LogP contribution in [0.25, 0.3) is 44.2 Å². The molecule has 2 aliphatic heterocycles. The number of likely N-dealkylation sites (tertiary alicyclic amines) is 2. The van der Waals surface area contributed by atoms with E-state index in [1.54, 1.807) is 22.1 Å². The number of nitrogens with zero attached hydrogens (tertiary/aromatic N) is 4. The van der Waals surface area contributed by atoms with Crippen LogP contribution in [0.2, 0.25) is 0 Å². The Morgan fingerprint density at radius 3 is 2.23 bits per heavy atom.